The predicted molar refractivity (Wildman–Crippen MR) is 249 cm³/mol. The minimum absolute atomic E-state index is 0.00203. The lowest BCUT2D eigenvalue weighted by molar-refractivity contribution is -0.889. The standard InChI is InChI=1S/C52H81NO7/c1-6-8-10-12-14-16-18-20-22-24-25-26-27-29-31-33-35-37-39-41-43-51(55)60-48(46-58-45-44-49(52(56)57)53(3,4)5)47-59-50(54)42-40-38-36-34-32-30-28-23-21-19-17-15-13-11-9-7-2/h8-11,14-17,20-23,25-26,29-32,36,38,48-49H,6-7,12-13,18-19,24,27-28,33-35,37,39-47H2,1-5H3/b10-8+,11-9+,16-14+,17-15+,22-20+,23-21+,26-25+,31-29+,32-30+,38-36+. The van der Waals surface area contributed by atoms with E-state index in [0.29, 0.717) is 12.8 Å². The van der Waals surface area contributed by atoms with Crippen LogP contribution in [0.3, 0.4) is 0 Å². The van der Waals surface area contributed by atoms with Crippen molar-refractivity contribution in [3.63, 3.8) is 0 Å². The Morgan fingerprint density at radius 1 is 0.500 bits per heavy atom. The number of quaternary nitrogens is 1. The topological polar surface area (TPSA) is 102 Å². The minimum atomic E-state index is -1.15. The first-order chi connectivity index (χ1) is 29.1. The molecule has 8 heteroatoms. The van der Waals surface area contributed by atoms with Gasteiger partial charge in [0.05, 0.1) is 40.3 Å². The number of carbonyl (C=O) groups is 3. The molecule has 2 atom stereocenters. The summed E-state index contributed by atoms with van der Waals surface area (Å²) in [5, 5.41) is 11.6. The molecule has 2 unspecified atom stereocenters. The van der Waals surface area contributed by atoms with Crippen LogP contribution in [0.2, 0.25) is 0 Å². The highest BCUT2D eigenvalue weighted by Gasteiger charge is 2.25. The van der Waals surface area contributed by atoms with Gasteiger partial charge in [-0.15, -0.1) is 0 Å². The highest BCUT2D eigenvalue weighted by atomic mass is 16.6. The number of esters is 2. The van der Waals surface area contributed by atoms with Gasteiger partial charge in [-0.25, -0.2) is 0 Å². The summed E-state index contributed by atoms with van der Waals surface area (Å²) in [5.41, 5.74) is 0. The molecule has 0 bridgehead atoms. The van der Waals surface area contributed by atoms with Crippen molar-refractivity contribution < 1.29 is 38.2 Å². The summed E-state index contributed by atoms with van der Waals surface area (Å²) in [5.74, 6) is -1.89. The number of unbranched alkanes of at least 4 members (excludes halogenated alkanes) is 4. The molecule has 0 amide bonds. The molecule has 0 aliphatic carbocycles. The summed E-state index contributed by atoms with van der Waals surface area (Å²) in [6.07, 6.45) is 58.1. The van der Waals surface area contributed by atoms with E-state index in [2.05, 4.69) is 123 Å². The molecule has 0 radical (unpaired) electrons. The molecule has 60 heavy (non-hydrogen) atoms. The zero-order valence-electron chi connectivity index (χ0n) is 38.1. The van der Waals surface area contributed by atoms with E-state index in [-0.39, 0.29) is 55.5 Å². The Morgan fingerprint density at radius 2 is 0.917 bits per heavy atom. The molecular weight excluding hydrogens is 751 g/mol. The van der Waals surface area contributed by atoms with Crippen LogP contribution < -0.4 is 5.11 Å². The molecule has 336 valence electrons. The Kier molecular flexibility index (Phi) is 38.5. The number of likely N-dealkylation sites (N-methyl/N-ethyl adjacent to an activating group) is 1. The van der Waals surface area contributed by atoms with E-state index in [4.69, 9.17) is 14.2 Å². The van der Waals surface area contributed by atoms with Gasteiger partial charge < -0.3 is 28.6 Å². The van der Waals surface area contributed by atoms with Gasteiger partial charge in [-0.2, -0.15) is 0 Å². The van der Waals surface area contributed by atoms with Crippen LogP contribution in [0.25, 0.3) is 0 Å². The molecule has 0 aliphatic heterocycles. The molecule has 0 saturated heterocycles. The number of carbonyl (C=O) groups excluding carboxylic acids is 3. The van der Waals surface area contributed by atoms with Gasteiger partial charge in [0.1, 0.15) is 12.6 Å². The van der Waals surface area contributed by atoms with Crippen molar-refractivity contribution >= 4 is 17.9 Å². The van der Waals surface area contributed by atoms with E-state index < -0.39 is 18.1 Å². The zero-order valence-corrected chi connectivity index (χ0v) is 38.1. The predicted octanol–water partition coefficient (Wildman–Crippen LogP) is 11.3. The van der Waals surface area contributed by atoms with Crippen molar-refractivity contribution in [2.45, 2.75) is 148 Å². The van der Waals surface area contributed by atoms with Gasteiger partial charge in [0.15, 0.2) is 6.10 Å². The molecule has 0 heterocycles. The lowest BCUT2D eigenvalue weighted by Crippen LogP contribution is -2.55. The molecule has 0 saturated carbocycles. The molecule has 0 fully saturated rings. The first-order valence-electron chi connectivity index (χ1n) is 22.6. The van der Waals surface area contributed by atoms with Crippen LogP contribution in [-0.2, 0) is 28.6 Å². The number of allylic oxidation sites excluding steroid dienone is 20. The Bertz CT molecular complexity index is 1390. The van der Waals surface area contributed by atoms with Gasteiger partial charge in [-0.3, -0.25) is 9.59 Å². The van der Waals surface area contributed by atoms with Crippen LogP contribution >= 0.6 is 0 Å². The van der Waals surface area contributed by atoms with Crippen LogP contribution in [0.5, 0.6) is 0 Å². The van der Waals surface area contributed by atoms with Crippen LogP contribution in [0.4, 0.5) is 0 Å². The second-order valence-corrected chi connectivity index (χ2v) is 15.5. The van der Waals surface area contributed by atoms with Gasteiger partial charge in [0, 0.05) is 19.3 Å². The minimum Gasteiger partial charge on any atom is -0.544 e. The maximum Gasteiger partial charge on any atom is 0.306 e. The largest absolute Gasteiger partial charge is 0.544 e. The molecule has 0 aromatic rings. The van der Waals surface area contributed by atoms with E-state index in [1.807, 2.05) is 12.2 Å². The number of ether oxygens (including phenoxy) is 3. The van der Waals surface area contributed by atoms with Crippen molar-refractivity contribution in [3.05, 3.63) is 122 Å². The van der Waals surface area contributed by atoms with Crippen LogP contribution in [-0.4, -0.2) is 75.5 Å². The van der Waals surface area contributed by atoms with Crippen LogP contribution in [0, 0.1) is 0 Å². The summed E-state index contributed by atoms with van der Waals surface area (Å²) < 4.78 is 17.1. The van der Waals surface area contributed by atoms with E-state index in [1.165, 1.54) is 0 Å². The number of rotatable bonds is 38. The summed E-state index contributed by atoms with van der Waals surface area (Å²) in [6.45, 7) is 4.29. The summed E-state index contributed by atoms with van der Waals surface area (Å²) in [7, 11) is 5.36. The molecule has 0 N–H and O–H groups in total. The zero-order chi connectivity index (χ0) is 44.2. The first-order valence-corrected chi connectivity index (χ1v) is 22.6. The molecule has 0 aromatic carbocycles. The van der Waals surface area contributed by atoms with Gasteiger partial charge in [-0.05, 0) is 89.9 Å². The average molecular weight is 832 g/mol. The summed E-state index contributed by atoms with van der Waals surface area (Å²) in [4.78, 5) is 36.9. The number of hydrogen-bond acceptors (Lipinski definition) is 7. The normalized spacial score (nSPS) is 14.1. The molecule has 0 aliphatic rings. The number of carboxylic acids is 1. The van der Waals surface area contributed by atoms with Crippen LogP contribution in [0.15, 0.2) is 122 Å². The number of aliphatic carboxylic acids is 1. The fourth-order valence-corrected chi connectivity index (χ4v) is 5.67. The monoisotopic (exact) mass is 832 g/mol. The van der Waals surface area contributed by atoms with Gasteiger partial charge in [0.25, 0.3) is 0 Å². The number of carboxylic acid groups (broad SMARTS) is 1. The van der Waals surface area contributed by atoms with Crippen molar-refractivity contribution in [2.75, 3.05) is 41.0 Å². The Morgan fingerprint density at radius 3 is 1.35 bits per heavy atom. The second-order valence-electron chi connectivity index (χ2n) is 15.5. The maximum atomic E-state index is 12.7. The van der Waals surface area contributed by atoms with E-state index in [1.54, 1.807) is 21.1 Å². The van der Waals surface area contributed by atoms with Gasteiger partial charge in [0.2, 0.25) is 0 Å². The third-order valence-electron chi connectivity index (χ3n) is 9.11. The first kappa shape index (κ1) is 55.7. The maximum absolute atomic E-state index is 12.7. The lowest BCUT2D eigenvalue weighted by Gasteiger charge is -2.34. The third kappa shape index (κ3) is 39.2. The fourth-order valence-electron chi connectivity index (χ4n) is 5.67. The third-order valence-corrected chi connectivity index (χ3v) is 9.11. The van der Waals surface area contributed by atoms with Crippen molar-refractivity contribution in [1.29, 1.82) is 0 Å². The molecule has 0 rings (SSSR count). The molecular formula is C52H81NO7. The quantitative estimate of drug-likeness (QED) is 0.0264. The smallest absolute Gasteiger partial charge is 0.306 e. The Hall–Kier alpha value is -4.27. The molecule has 0 spiro atoms. The highest BCUT2D eigenvalue weighted by Crippen LogP contribution is 2.11. The number of hydrogen-bond donors (Lipinski definition) is 0. The molecule has 0 aromatic heterocycles. The van der Waals surface area contributed by atoms with E-state index in [9.17, 15) is 19.5 Å². The SMILES string of the molecule is CC/C=C/C/C=C/C/C=C/C/C=C/C/C=C/CCCCCCC(=O)OC(COCCC(C(=O)[O-])[N+](C)(C)C)COC(=O)CC/C=C/C/C=C/C/C=C/C/C=C/C/C=C/CC. The van der Waals surface area contributed by atoms with E-state index >= 15 is 0 Å². The fraction of sp³-hybridized carbons (Fsp3) is 0.558. The van der Waals surface area contributed by atoms with E-state index in [0.717, 1.165) is 89.9 Å². The summed E-state index contributed by atoms with van der Waals surface area (Å²) in [6, 6.07) is -0.749. The lowest BCUT2D eigenvalue weighted by atomic mass is 10.1. The van der Waals surface area contributed by atoms with Crippen LogP contribution in [0.1, 0.15) is 136 Å². The number of nitrogens with zero attached hydrogens (tertiary/aromatic N) is 1. The summed E-state index contributed by atoms with van der Waals surface area (Å²) >= 11 is 0. The average Bonchev–Trinajstić information content (AvgIpc) is 3.21. The highest BCUT2D eigenvalue weighted by molar-refractivity contribution is 5.70. The van der Waals surface area contributed by atoms with Gasteiger partial charge >= 0.3 is 11.9 Å². The molecule has 8 nitrogen and oxygen atoms in total. The van der Waals surface area contributed by atoms with Crippen molar-refractivity contribution in [2.24, 2.45) is 0 Å². The van der Waals surface area contributed by atoms with Gasteiger partial charge in [-0.1, -0.05) is 148 Å². The Balaban J connectivity index is 4.52. The Labute approximate surface area is 365 Å². The second kappa shape index (κ2) is 41.5. The van der Waals surface area contributed by atoms with Crippen molar-refractivity contribution in [1.82, 2.24) is 0 Å². The van der Waals surface area contributed by atoms with Crippen molar-refractivity contribution in [3.8, 4) is 0 Å².